The molecule has 0 aliphatic heterocycles. The zero-order valence-corrected chi connectivity index (χ0v) is 21.3. The van der Waals surface area contributed by atoms with Gasteiger partial charge < -0.3 is 33.2 Å². The Morgan fingerprint density at radius 1 is 0.650 bits per heavy atom. The quantitative estimate of drug-likeness (QED) is 0.131. The third kappa shape index (κ3) is 8.48. The standard InChI is InChI=1S/C29H24O11/c1-4-26(30)37-17-35-20-7-11-22(12-8-20)39-28(32)19-6-15-24(25(16-19)34-3)29(33)40-23-13-9-21(10-14-23)36-18-38-27(31)5-2/h4-16H,1-2,17-18H2,3H3. The molecule has 40 heavy (non-hydrogen) atoms. The number of esters is 4. The SMILES string of the molecule is C=CC(=O)OCOc1ccc(OC(=O)c2ccc(C(=O)Oc3ccc(OCOC(=O)C=C)cc3)c(OC)c2)cc1. The molecule has 11 nitrogen and oxygen atoms in total. The van der Waals surface area contributed by atoms with Crippen LogP contribution in [0.5, 0.6) is 28.7 Å². The van der Waals surface area contributed by atoms with Crippen LogP contribution in [0.3, 0.4) is 0 Å². The smallest absolute Gasteiger partial charge is 0.347 e. The van der Waals surface area contributed by atoms with Crippen LogP contribution in [0, 0.1) is 0 Å². The van der Waals surface area contributed by atoms with Crippen molar-refractivity contribution in [3.8, 4) is 28.7 Å². The topological polar surface area (TPSA) is 133 Å². The fraction of sp³-hybridized carbons (Fsp3) is 0.103. The first-order chi connectivity index (χ1) is 19.3. The van der Waals surface area contributed by atoms with Crippen molar-refractivity contribution >= 4 is 23.9 Å². The third-order valence-corrected chi connectivity index (χ3v) is 4.91. The highest BCUT2D eigenvalue weighted by atomic mass is 16.7. The van der Waals surface area contributed by atoms with E-state index in [1.165, 1.54) is 73.8 Å². The van der Waals surface area contributed by atoms with E-state index in [9.17, 15) is 19.2 Å². The molecule has 0 heterocycles. The molecular weight excluding hydrogens is 524 g/mol. The van der Waals surface area contributed by atoms with Crippen LogP contribution in [0.25, 0.3) is 0 Å². The van der Waals surface area contributed by atoms with Gasteiger partial charge in [0.05, 0.1) is 12.7 Å². The molecule has 11 heteroatoms. The molecule has 0 spiro atoms. The monoisotopic (exact) mass is 548 g/mol. The fourth-order valence-corrected chi connectivity index (χ4v) is 2.95. The summed E-state index contributed by atoms with van der Waals surface area (Å²) in [5.41, 5.74) is 0.207. The summed E-state index contributed by atoms with van der Waals surface area (Å²) in [6, 6.07) is 16.2. The molecule has 0 aromatic heterocycles. The Bertz CT molecular complexity index is 1380. The number of carbonyl (C=O) groups excluding carboxylic acids is 4. The second-order valence-electron chi connectivity index (χ2n) is 7.50. The van der Waals surface area contributed by atoms with Crippen molar-refractivity contribution in [2.75, 3.05) is 20.7 Å². The summed E-state index contributed by atoms with van der Waals surface area (Å²) in [6.45, 7) is 5.96. The summed E-state index contributed by atoms with van der Waals surface area (Å²) in [5, 5.41) is 0. The molecule has 0 unspecified atom stereocenters. The minimum absolute atomic E-state index is 0.0781. The van der Waals surface area contributed by atoms with Gasteiger partial charge >= 0.3 is 23.9 Å². The molecule has 0 saturated heterocycles. The molecule has 0 aliphatic rings. The van der Waals surface area contributed by atoms with Crippen LogP contribution in [0.2, 0.25) is 0 Å². The second-order valence-corrected chi connectivity index (χ2v) is 7.50. The van der Waals surface area contributed by atoms with E-state index in [-0.39, 0.29) is 42.0 Å². The first-order valence-electron chi connectivity index (χ1n) is 11.5. The molecule has 0 bridgehead atoms. The Morgan fingerprint density at radius 2 is 1.10 bits per heavy atom. The van der Waals surface area contributed by atoms with E-state index in [0.717, 1.165) is 12.2 Å². The maximum absolute atomic E-state index is 12.7. The van der Waals surface area contributed by atoms with E-state index in [0.29, 0.717) is 11.5 Å². The molecule has 0 fully saturated rings. The lowest BCUT2D eigenvalue weighted by molar-refractivity contribution is -0.145. The number of methoxy groups -OCH3 is 1. The summed E-state index contributed by atoms with van der Waals surface area (Å²) in [6.07, 6.45) is 2.03. The van der Waals surface area contributed by atoms with Crippen molar-refractivity contribution < 1.29 is 52.3 Å². The molecule has 0 N–H and O–H groups in total. The molecule has 0 atom stereocenters. The van der Waals surface area contributed by atoms with Gasteiger partial charge in [0.1, 0.15) is 34.3 Å². The van der Waals surface area contributed by atoms with Gasteiger partial charge in [0.15, 0.2) is 0 Å². The molecule has 0 saturated carbocycles. The Balaban J connectivity index is 1.58. The predicted molar refractivity (Wildman–Crippen MR) is 139 cm³/mol. The third-order valence-electron chi connectivity index (χ3n) is 4.91. The summed E-state index contributed by atoms with van der Waals surface area (Å²) >= 11 is 0. The van der Waals surface area contributed by atoms with Crippen molar-refractivity contribution in [3.63, 3.8) is 0 Å². The number of benzene rings is 3. The zero-order valence-electron chi connectivity index (χ0n) is 21.3. The second kappa shape index (κ2) is 14.4. The first kappa shape index (κ1) is 29.0. The number of ether oxygens (including phenoxy) is 7. The molecule has 0 radical (unpaired) electrons. The van der Waals surface area contributed by atoms with E-state index in [4.69, 9.17) is 33.2 Å². The minimum atomic E-state index is -0.722. The van der Waals surface area contributed by atoms with Crippen LogP contribution in [0.1, 0.15) is 20.7 Å². The average molecular weight is 549 g/mol. The van der Waals surface area contributed by atoms with Gasteiger partial charge in [-0.15, -0.1) is 0 Å². The average Bonchev–Trinajstić information content (AvgIpc) is 2.98. The molecule has 3 aromatic rings. The van der Waals surface area contributed by atoms with E-state index >= 15 is 0 Å². The molecule has 0 aliphatic carbocycles. The molecule has 3 aromatic carbocycles. The van der Waals surface area contributed by atoms with Gasteiger partial charge in [-0.05, 0) is 66.7 Å². The van der Waals surface area contributed by atoms with Gasteiger partial charge in [-0.25, -0.2) is 19.2 Å². The lowest BCUT2D eigenvalue weighted by Gasteiger charge is -2.11. The maximum Gasteiger partial charge on any atom is 0.347 e. The van der Waals surface area contributed by atoms with Crippen LogP contribution in [0.4, 0.5) is 0 Å². The van der Waals surface area contributed by atoms with Crippen LogP contribution in [-0.4, -0.2) is 44.6 Å². The lowest BCUT2D eigenvalue weighted by Crippen LogP contribution is -2.13. The Hall–Kier alpha value is -5.58. The highest BCUT2D eigenvalue weighted by Crippen LogP contribution is 2.25. The molecule has 0 amide bonds. The largest absolute Gasteiger partial charge is 0.496 e. The van der Waals surface area contributed by atoms with Gasteiger partial charge in [-0.3, -0.25) is 0 Å². The van der Waals surface area contributed by atoms with Crippen molar-refractivity contribution in [2.24, 2.45) is 0 Å². The number of carbonyl (C=O) groups is 4. The normalized spacial score (nSPS) is 9.93. The maximum atomic E-state index is 12.7. The minimum Gasteiger partial charge on any atom is -0.496 e. The zero-order chi connectivity index (χ0) is 28.9. The van der Waals surface area contributed by atoms with Crippen molar-refractivity contribution in [1.29, 1.82) is 0 Å². The Labute approximate surface area is 229 Å². The lowest BCUT2D eigenvalue weighted by atomic mass is 10.1. The highest BCUT2D eigenvalue weighted by molar-refractivity contribution is 5.97. The number of hydrogen-bond donors (Lipinski definition) is 0. The number of rotatable bonds is 13. The molecule has 206 valence electrons. The molecule has 3 rings (SSSR count). The van der Waals surface area contributed by atoms with Crippen LogP contribution >= 0.6 is 0 Å². The van der Waals surface area contributed by atoms with Crippen molar-refractivity contribution in [1.82, 2.24) is 0 Å². The Morgan fingerprint density at radius 3 is 1.55 bits per heavy atom. The van der Waals surface area contributed by atoms with Crippen LogP contribution < -0.4 is 23.7 Å². The number of hydrogen-bond acceptors (Lipinski definition) is 11. The highest BCUT2D eigenvalue weighted by Gasteiger charge is 2.19. The van der Waals surface area contributed by atoms with E-state index in [2.05, 4.69) is 13.2 Å². The van der Waals surface area contributed by atoms with Crippen molar-refractivity contribution in [2.45, 2.75) is 0 Å². The first-order valence-corrected chi connectivity index (χ1v) is 11.5. The molecular formula is C29H24O11. The summed E-state index contributed by atoms with van der Waals surface area (Å²) < 4.78 is 36.0. The van der Waals surface area contributed by atoms with Gasteiger partial charge in [-0.2, -0.15) is 0 Å². The van der Waals surface area contributed by atoms with Gasteiger partial charge in [0.2, 0.25) is 13.6 Å². The van der Waals surface area contributed by atoms with Gasteiger partial charge in [0.25, 0.3) is 0 Å². The fourth-order valence-electron chi connectivity index (χ4n) is 2.95. The van der Waals surface area contributed by atoms with E-state index in [1.54, 1.807) is 0 Å². The summed E-state index contributed by atoms with van der Waals surface area (Å²) in [7, 11) is 1.34. The van der Waals surface area contributed by atoms with Crippen LogP contribution in [-0.2, 0) is 19.1 Å². The Kier molecular flexibility index (Phi) is 10.4. The van der Waals surface area contributed by atoms with Crippen LogP contribution in [0.15, 0.2) is 92.0 Å². The summed E-state index contributed by atoms with van der Waals surface area (Å²) in [5.74, 6) is -1.34. The summed E-state index contributed by atoms with van der Waals surface area (Å²) in [4.78, 5) is 47.4. The van der Waals surface area contributed by atoms with Gasteiger partial charge in [-0.1, -0.05) is 13.2 Å². The predicted octanol–water partition coefficient (Wildman–Crippen LogP) is 4.26. The van der Waals surface area contributed by atoms with E-state index < -0.39 is 23.9 Å². The van der Waals surface area contributed by atoms with Crippen molar-refractivity contribution in [3.05, 3.63) is 103 Å². The van der Waals surface area contributed by atoms with Gasteiger partial charge in [0, 0.05) is 12.2 Å². The van der Waals surface area contributed by atoms with E-state index in [1.807, 2.05) is 0 Å².